The highest BCUT2D eigenvalue weighted by atomic mass is 16.5. The minimum Gasteiger partial charge on any atom is -0.320 e. The van der Waals surface area contributed by atoms with Gasteiger partial charge in [0.15, 0.2) is 5.78 Å². The monoisotopic (exact) mass is 244 g/mol. The van der Waals surface area contributed by atoms with Gasteiger partial charge < -0.3 is 5.73 Å². The van der Waals surface area contributed by atoms with Crippen LogP contribution in [0.25, 0.3) is 0 Å². The van der Waals surface area contributed by atoms with Crippen molar-refractivity contribution < 1.29 is 14.8 Å². The summed E-state index contributed by atoms with van der Waals surface area (Å²) in [6.45, 7) is 8.87. The van der Waals surface area contributed by atoms with E-state index in [1.54, 1.807) is 34.6 Å². The van der Waals surface area contributed by atoms with Gasteiger partial charge in [-0.3, -0.25) is 14.8 Å². The molecule has 0 aromatic carbocycles. The van der Waals surface area contributed by atoms with Crippen LogP contribution in [0.15, 0.2) is 0 Å². The number of Topliss-reactive ketones (excluding diaryl/α,β-unsaturated/α-hetero) is 1. The lowest BCUT2D eigenvalue weighted by atomic mass is 9.96. The van der Waals surface area contributed by atoms with Crippen LogP contribution in [0.3, 0.4) is 0 Å². The van der Waals surface area contributed by atoms with E-state index in [4.69, 9.17) is 5.73 Å². The molecule has 2 unspecified atom stereocenters. The third-order valence-corrected chi connectivity index (χ3v) is 2.80. The van der Waals surface area contributed by atoms with E-state index in [1.807, 2.05) is 0 Å². The minimum atomic E-state index is -0.808. The molecule has 0 aliphatic carbocycles. The van der Waals surface area contributed by atoms with Crippen molar-refractivity contribution in [2.24, 2.45) is 17.6 Å². The molecule has 0 saturated carbocycles. The average Bonchev–Trinajstić information content (AvgIpc) is 2.25. The molecule has 0 aromatic heterocycles. The van der Waals surface area contributed by atoms with E-state index >= 15 is 0 Å². The Morgan fingerprint density at radius 1 is 1.18 bits per heavy atom. The number of nitrogens with two attached hydrogens (primary N) is 1. The van der Waals surface area contributed by atoms with E-state index in [9.17, 15) is 14.8 Å². The fraction of sp³-hybridized carbons (Fsp3) is 0.833. The highest BCUT2D eigenvalue weighted by Gasteiger charge is 2.33. The van der Waals surface area contributed by atoms with Crippen LogP contribution in [0.2, 0.25) is 0 Å². The highest BCUT2D eigenvalue weighted by molar-refractivity contribution is 5.90. The summed E-state index contributed by atoms with van der Waals surface area (Å²) in [5, 5.41) is 10.4. The van der Waals surface area contributed by atoms with E-state index in [0.717, 1.165) is 0 Å². The van der Waals surface area contributed by atoms with Crippen LogP contribution in [0.1, 0.15) is 41.0 Å². The highest BCUT2D eigenvalue weighted by Crippen LogP contribution is 2.14. The summed E-state index contributed by atoms with van der Waals surface area (Å²) in [6, 6.07) is -1.59. The number of nitrogens with zero attached hydrogens (tertiary/aromatic N) is 1. The maximum atomic E-state index is 11.8. The molecule has 0 heterocycles. The summed E-state index contributed by atoms with van der Waals surface area (Å²) in [5.41, 5.74) is 5.68. The zero-order valence-corrected chi connectivity index (χ0v) is 11.3. The Hall–Kier alpha value is -0.940. The predicted octanol–water partition coefficient (Wildman–Crippen LogP) is 1.19. The quantitative estimate of drug-likeness (QED) is 0.543. The fourth-order valence-corrected chi connectivity index (χ4v) is 1.57. The van der Waals surface area contributed by atoms with Gasteiger partial charge in [-0.2, -0.15) is 0 Å². The van der Waals surface area contributed by atoms with Gasteiger partial charge in [0, 0.05) is 6.42 Å². The van der Waals surface area contributed by atoms with Gasteiger partial charge in [-0.25, -0.2) is 5.06 Å². The maximum absolute atomic E-state index is 11.8. The van der Waals surface area contributed by atoms with Crippen molar-refractivity contribution in [1.29, 1.82) is 0 Å². The SMILES string of the molecule is CCC(=O)C(C(C)C)N(O)C(=O)C(N)C(C)C. The topological polar surface area (TPSA) is 83.6 Å². The van der Waals surface area contributed by atoms with Gasteiger partial charge in [0.1, 0.15) is 6.04 Å². The summed E-state index contributed by atoms with van der Waals surface area (Å²) >= 11 is 0. The molecular weight excluding hydrogens is 220 g/mol. The van der Waals surface area contributed by atoms with Crippen LogP contribution in [0, 0.1) is 11.8 Å². The van der Waals surface area contributed by atoms with E-state index in [-0.39, 0.29) is 24.0 Å². The summed E-state index contributed by atoms with van der Waals surface area (Å²) in [4.78, 5) is 23.5. The van der Waals surface area contributed by atoms with Crippen molar-refractivity contribution in [2.75, 3.05) is 0 Å². The van der Waals surface area contributed by atoms with Crippen LogP contribution < -0.4 is 5.73 Å². The van der Waals surface area contributed by atoms with Gasteiger partial charge in [0.2, 0.25) is 0 Å². The first-order chi connectivity index (χ1) is 7.73. The molecular formula is C12H24N2O3. The molecule has 3 N–H and O–H groups in total. The molecule has 0 rings (SSSR count). The molecule has 1 amide bonds. The average molecular weight is 244 g/mol. The molecule has 2 atom stereocenters. The molecule has 100 valence electrons. The Labute approximate surface area is 103 Å². The lowest BCUT2D eigenvalue weighted by Gasteiger charge is -2.30. The van der Waals surface area contributed by atoms with E-state index in [0.29, 0.717) is 5.06 Å². The number of amides is 1. The lowest BCUT2D eigenvalue weighted by Crippen LogP contribution is -2.53. The number of carbonyl (C=O) groups is 2. The second-order valence-electron chi connectivity index (χ2n) is 4.96. The van der Waals surface area contributed by atoms with Crippen molar-refractivity contribution in [3.63, 3.8) is 0 Å². The molecule has 0 spiro atoms. The Morgan fingerprint density at radius 3 is 1.94 bits per heavy atom. The molecule has 0 saturated heterocycles. The van der Waals surface area contributed by atoms with Crippen LogP contribution >= 0.6 is 0 Å². The summed E-state index contributed by atoms with van der Waals surface area (Å²) in [5.74, 6) is -0.982. The summed E-state index contributed by atoms with van der Waals surface area (Å²) in [6.07, 6.45) is 0.282. The maximum Gasteiger partial charge on any atom is 0.263 e. The lowest BCUT2D eigenvalue weighted by molar-refractivity contribution is -0.185. The molecule has 5 heteroatoms. The number of hydroxylamine groups is 2. The molecule has 0 aromatic rings. The second-order valence-corrected chi connectivity index (χ2v) is 4.96. The van der Waals surface area contributed by atoms with Crippen molar-refractivity contribution in [1.82, 2.24) is 5.06 Å². The number of carbonyl (C=O) groups excluding carboxylic acids is 2. The second kappa shape index (κ2) is 6.71. The van der Waals surface area contributed by atoms with Gasteiger partial charge in [-0.15, -0.1) is 0 Å². The smallest absolute Gasteiger partial charge is 0.263 e. The van der Waals surface area contributed by atoms with Crippen molar-refractivity contribution in [3.8, 4) is 0 Å². The third kappa shape index (κ3) is 4.09. The first-order valence-electron chi connectivity index (χ1n) is 6.04. The van der Waals surface area contributed by atoms with Crippen LogP contribution in [0.5, 0.6) is 0 Å². The van der Waals surface area contributed by atoms with Gasteiger partial charge in [-0.05, 0) is 11.8 Å². The summed E-state index contributed by atoms with van der Waals surface area (Å²) < 4.78 is 0. The first kappa shape index (κ1) is 16.1. The third-order valence-electron chi connectivity index (χ3n) is 2.80. The van der Waals surface area contributed by atoms with Gasteiger partial charge in [0.05, 0.1) is 6.04 Å². The van der Waals surface area contributed by atoms with E-state index < -0.39 is 18.0 Å². The molecule has 0 aliphatic heterocycles. The van der Waals surface area contributed by atoms with E-state index in [2.05, 4.69) is 0 Å². The van der Waals surface area contributed by atoms with Crippen LogP contribution in [-0.4, -0.2) is 34.0 Å². The van der Waals surface area contributed by atoms with Crippen molar-refractivity contribution >= 4 is 11.7 Å². The molecule has 0 fully saturated rings. The predicted molar refractivity (Wildman–Crippen MR) is 65.4 cm³/mol. The number of rotatable bonds is 6. The molecule has 0 radical (unpaired) electrons. The Bertz CT molecular complexity index is 277. The summed E-state index contributed by atoms with van der Waals surface area (Å²) in [7, 11) is 0. The number of hydrogen-bond acceptors (Lipinski definition) is 4. The number of hydrogen-bond donors (Lipinski definition) is 2. The Balaban J connectivity index is 4.90. The number of ketones is 1. The van der Waals surface area contributed by atoms with Crippen LogP contribution in [-0.2, 0) is 9.59 Å². The normalized spacial score (nSPS) is 14.9. The molecule has 0 bridgehead atoms. The Kier molecular flexibility index (Phi) is 6.34. The van der Waals surface area contributed by atoms with Gasteiger partial charge >= 0.3 is 0 Å². The minimum absolute atomic E-state index is 0.0818. The first-order valence-corrected chi connectivity index (χ1v) is 6.04. The van der Waals surface area contributed by atoms with Crippen LogP contribution in [0.4, 0.5) is 0 Å². The standard InChI is InChI=1S/C12H24N2O3/c1-6-9(15)11(8(4)5)14(17)12(16)10(13)7(2)3/h7-8,10-11,17H,6,13H2,1-5H3. The molecule has 17 heavy (non-hydrogen) atoms. The fourth-order valence-electron chi connectivity index (χ4n) is 1.57. The molecule has 5 nitrogen and oxygen atoms in total. The van der Waals surface area contributed by atoms with Gasteiger partial charge in [-0.1, -0.05) is 34.6 Å². The van der Waals surface area contributed by atoms with Gasteiger partial charge in [0.25, 0.3) is 5.91 Å². The zero-order valence-electron chi connectivity index (χ0n) is 11.3. The molecule has 0 aliphatic rings. The largest absolute Gasteiger partial charge is 0.320 e. The van der Waals surface area contributed by atoms with Crippen molar-refractivity contribution in [3.05, 3.63) is 0 Å². The van der Waals surface area contributed by atoms with E-state index in [1.165, 1.54) is 0 Å². The van der Waals surface area contributed by atoms with Crippen molar-refractivity contribution in [2.45, 2.75) is 53.1 Å². The Morgan fingerprint density at radius 2 is 1.65 bits per heavy atom. The zero-order chi connectivity index (χ0) is 13.7.